The first-order valence-electron chi connectivity index (χ1n) is 6.35. The lowest BCUT2D eigenvalue weighted by Gasteiger charge is -2.33. The van der Waals surface area contributed by atoms with Crippen LogP contribution in [-0.2, 0) is 9.47 Å². The molecule has 19 heavy (non-hydrogen) atoms. The normalized spacial score (nSPS) is 17.8. The van der Waals surface area contributed by atoms with Gasteiger partial charge in [-0.3, -0.25) is 4.98 Å². The van der Waals surface area contributed by atoms with E-state index in [-0.39, 0.29) is 11.1 Å². The molecule has 1 fully saturated rings. The van der Waals surface area contributed by atoms with Crippen molar-refractivity contribution >= 4 is 11.8 Å². The summed E-state index contributed by atoms with van der Waals surface area (Å²) in [6.07, 6.45) is 5.04. The minimum absolute atomic E-state index is 0.196. The summed E-state index contributed by atoms with van der Waals surface area (Å²) in [6.45, 7) is 4.61. The number of ether oxygens (including phenoxy) is 2. The first-order valence-corrected chi connectivity index (χ1v) is 6.35. The quantitative estimate of drug-likeness (QED) is 0.831. The molecule has 1 N–H and O–H groups in total. The molecule has 0 saturated carbocycles. The summed E-state index contributed by atoms with van der Waals surface area (Å²) < 4.78 is 9.98. The van der Waals surface area contributed by atoms with Gasteiger partial charge in [0.05, 0.1) is 19.5 Å². The van der Waals surface area contributed by atoms with E-state index in [4.69, 9.17) is 4.74 Å². The van der Waals surface area contributed by atoms with E-state index in [9.17, 15) is 4.79 Å². The van der Waals surface area contributed by atoms with E-state index < -0.39 is 5.97 Å². The Bertz CT molecular complexity index is 445. The Labute approximate surface area is 112 Å². The van der Waals surface area contributed by atoms with E-state index in [1.165, 1.54) is 13.3 Å². The molecule has 6 heteroatoms. The smallest absolute Gasteiger partial charge is 0.358 e. The van der Waals surface area contributed by atoms with Crippen LogP contribution in [0.25, 0.3) is 0 Å². The number of carbonyl (C=O) groups is 1. The Morgan fingerprint density at radius 3 is 2.89 bits per heavy atom. The molecule has 0 unspecified atom stereocenters. The molecule has 0 radical (unpaired) electrons. The van der Waals surface area contributed by atoms with Crippen LogP contribution in [0.3, 0.4) is 0 Å². The third kappa shape index (κ3) is 3.64. The average Bonchev–Trinajstić information content (AvgIpc) is 2.45. The van der Waals surface area contributed by atoms with Crippen molar-refractivity contribution in [1.29, 1.82) is 0 Å². The zero-order chi connectivity index (χ0) is 13.7. The predicted molar refractivity (Wildman–Crippen MR) is 70.0 cm³/mol. The van der Waals surface area contributed by atoms with Crippen LogP contribution in [0.2, 0.25) is 0 Å². The first kappa shape index (κ1) is 13.7. The molecular weight excluding hydrogens is 246 g/mol. The van der Waals surface area contributed by atoms with Crippen molar-refractivity contribution in [3.05, 3.63) is 18.1 Å². The zero-order valence-electron chi connectivity index (χ0n) is 11.3. The third-order valence-electron chi connectivity index (χ3n) is 3.43. The number of nitrogens with one attached hydrogen (secondary N) is 1. The van der Waals surface area contributed by atoms with E-state index >= 15 is 0 Å². The van der Waals surface area contributed by atoms with Crippen LogP contribution in [-0.4, -0.2) is 42.8 Å². The molecule has 0 amide bonds. The number of aromatic nitrogens is 2. The van der Waals surface area contributed by atoms with E-state index in [0.717, 1.165) is 32.6 Å². The van der Waals surface area contributed by atoms with Crippen LogP contribution in [0.5, 0.6) is 0 Å². The van der Waals surface area contributed by atoms with Crippen LogP contribution in [0.1, 0.15) is 30.3 Å². The van der Waals surface area contributed by atoms with Crippen molar-refractivity contribution in [1.82, 2.24) is 9.97 Å². The maximum absolute atomic E-state index is 11.4. The van der Waals surface area contributed by atoms with Gasteiger partial charge in [0.1, 0.15) is 5.82 Å². The largest absolute Gasteiger partial charge is 0.464 e. The number of esters is 1. The molecule has 0 aliphatic carbocycles. The second kappa shape index (κ2) is 5.97. The molecule has 1 aromatic heterocycles. The Morgan fingerprint density at radius 2 is 2.21 bits per heavy atom. The van der Waals surface area contributed by atoms with Gasteiger partial charge in [-0.15, -0.1) is 0 Å². The first-order chi connectivity index (χ1) is 9.13. The van der Waals surface area contributed by atoms with Crippen LogP contribution >= 0.6 is 0 Å². The molecule has 1 aliphatic rings. The predicted octanol–water partition coefficient (Wildman–Crippen LogP) is 1.49. The van der Waals surface area contributed by atoms with Gasteiger partial charge in [-0.1, -0.05) is 6.92 Å². The topological polar surface area (TPSA) is 73.3 Å². The number of carbonyl (C=O) groups excluding carboxylic acids is 1. The maximum atomic E-state index is 11.4. The van der Waals surface area contributed by atoms with Gasteiger partial charge >= 0.3 is 5.97 Å². The molecule has 0 bridgehead atoms. The molecule has 6 nitrogen and oxygen atoms in total. The molecule has 0 aromatic carbocycles. The van der Waals surface area contributed by atoms with Gasteiger partial charge in [0, 0.05) is 19.8 Å². The minimum Gasteiger partial charge on any atom is -0.464 e. The van der Waals surface area contributed by atoms with E-state index in [2.05, 4.69) is 26.9 Å². The van der Waals surface area contributed by atoms with Gasteiger partial charge in [0.25, 0.3) is 0 Å². The lowest BCUT2D eigenvalue weighted by Crippen LogP contribution is -2.33. The molecule has 1 aliphatic heterocycles. The lowest BCUT2D eigenvalue weighted by molar-refractivity contribution is 0.0300. The van der Waals surface area contributed by atoms with E-state index in [0.29, 0.717) is 5.82 Å². The number of anilines is 1. The van der Waals surface area contributed by atoms with Gasteiger partial charge in [-0.2, -0.15) is 0 Å². The van der Waals surface area contributed by atoms with Gasteiger partial charge < -0.3 is 14.8 Å². The SMILES string of the molecule is COC(=O)c1cncc(NCC2(C)CCOCC2)n1. The summed E-state index contributed by atoms with van der Waals surface area (Å²) in [5.74, 6) is 0.115. The van der Waals surface area contributed by atoms with E-state index in [1.54, 1.807) is 6.20 Å². The number of nitrogens with zero attached hydrogens (tertiary/aromatic N) is 2. The maximum Gasteiger partial charge on any atom is 0.358 e. The molecule has 2 rings (SSSR count). The van der Waals surface area contributed by atoms with Crippen LogP contribution in [0, 0.1) is 5.41 Å². The van der Waals surface area contributed by atoms with Crippen molar-refractivity contribution in [3.8, 4) is 0 Å². The summed E-state index contributed by atoms with van der Waals surface area (Å²) in [4.78, 5) is 19.5. The number of rotatable bonds is 4. The Balaban J connectivity index is 1.97. The third-order valence-corrected chi connectivity index (χ3v) is 3.43. The van der Waals surface area contributed by atoms with Gasteiger partial charge in [-0.25, -0.2) is 9.78 Å². The Hall–Kier alpha value is -1.69. The zero-order valence-corrected chi connectivity index (χ0v) is 11.3. The summed E-state index contributed by atoms with van der Waals surface area (Å²) in [5.41, 5.74) is 0.408. The summed E-state index contributed by atoms with van der Waals surface area (Å²) in [6, 6.07) is 0. The van der Waals surface area contributed by atoms with Crippen LogP contribution in [0.15, 0.2) is 12.4 Å². The molecule has 1 saturated heterocycles. The second-order valence-electron chi connectivity index (χ2n) is 5.06. The van der Waals surface area contributed by atoms with Crippen molar-refractivity contribution in [3.63, 3.8) is 0 Å². The van der Waals surface area contributed by atoms with Crippen molar-refractivity contribution < 1.29 is 14.3 Å². The summed E-state index contributed by atoms with van der Waals surface area (Å²) in [5, 5.41) is 3.24. The highest BCUT2D eigenvalue weighted by atomic mass is 16.5. The highest BCUT2D eigenvalue weighted by Gasteiger charge is 2.27. The number of methoxy groups -OCH3 is 1. The molecule has 0 atom stereocenters. The van der Waals surface area contributed by atoms with Crippen molar-refractivity contribution in [2.45, 2.75) is 19.8 Å². The van der Waals surface area contributed by atoms with Crippen molar-refractivity contribution in [2.24, 2.45) is 5.41 Å². The molecule has 104 valence electrons. The molecule has 1 aromatic rings. The van der Waals surface area contributed by atoms with E-state index in [1.807, 2.05) is 0 Å². The Morgan fingerprint density at radius 1 is 1.47 bits per heavy atom. The average molecular weight is 265 g/mol. The summed E-state index contributed by atoms with van der Waals surface area (Å²) in [7, 11) is 1.33. The Kier molecular flexibility index (Phi) is 4.31. The molecular formula is C13H19N3O3. The fraction of sp³-hybridized carbons (Fsp3) is 0.615. The molecule has 0 spiro atoms. The minimum atomic E-state index is -0.478. The number of hydrogen-bond acceptors (Lipinski definition) is 6. The van der Waals surface area contributed by atoms with Gasteiger partial charge in [-0.05, 0) is 18.3 Å². The lowest BCUT2D eigenvalue weighted by atomic mass is 9.82. The van der Waals surface area contributed by atoms with Crippen LogP contribution in [0.4, 0.5) is 5.82 Å². The fourth-order valence-corrected chi connectivity index (χ4v) is 2.00. The second-order valence-corrected chi connectivity index (χ2v) is 5.06. The molecule has 2 heterocycles. The summed E-state index contributed by atoms with van der Waals surface area (Å²) >= 11 is 0. The van der Waals surface area contributed by atoms with Crippen molar-refractivity contribution in [2.75, 3.05) is 32.2 Å². The number of hydrogen-bond donors (Lipinski definition) is 1. The standard InChI is InChI=1S/C13H19N3O3/c1-13(3-5-19-6-4-13)9-15-11-8-14-7-10(16-11)12(17)18-2/h7-8H,3-6,9H2,1-2H3,(H,15,16). The highest BCUT2D eigenvalue weighted by Crippen LogP contribution is 2.29. The highest BCUT2D eigenvalue weighted by molar-refractivity contribution is 5.87. The van der Waals surface area contributed by atoms with Gasteiger partial charge in [0.2, 0.25) is 0 Å². The van der Waals surface area contributed by atoms with Gasteiger partial charge in [0.15, 0.2) is 5.69 Å². The van der Waals surface area contributed by atoms with Crippen LogP contribution < -0.4 is 5.32 Å². The fourth-order valence-electron chi connectivity index (χ4n) is 2.00. The monoisotopic (exact) mass is 265 g/mol.